The Morgan fingerprint density at radius 2 is 1.60 bits per heavy atom. The van der Waals surface area contributed by atoms with Gasteiger partial charge in [-0.25, -0.2) is 0 Å². The van der Waals surface area contributed by atoms with Gasteiger partial charge in [-0.05, 0) is 42.6 Å². The van der Waals surface area contributed by atoms with Crippen LogP contribution in [-0.4, -0.2) is 22.0 Å². The van der Waals surface area contributed by atoms with Crippen molar-refractivity contribution < 1.29 is 5.11 Å². The minimum Gasteiger partial charge on any atom is -0.400 e. The molecule has 0 bridgehead atoms. The predicted molar refractivity (Wildman–Crippen MR) is 87.1 cm³/mol. The standard InChI is InChI=1S/C14H24N2.C2H6.CH4O/c1-11-5-7-13(8-6-11)16-10-12(9-15-16)14(2,3)4;2*1-2/h9-11,13H,5-8H2,1-4H3;1-2H3;2H,1H3. The summed E-state index contributed by atoms with van der Waals surface area (Å²) >= 11 is 0. The zero-order valence-electron chi connectivity index (χ0n) is 14.5. The zero-order valence-corrected chi connectivity index (χ0v) is 14.5. The number of hydrogen-bond donors (Lipinski definition) is 1. The minimum absolute atomic E-state index is 0.222. The molecule has 1 aliphatic rings. The van der Waals surface area contributed by atoms with Crippen LogP contribution in [0.15, 0.2) is 12.4 Å². The largest absolute Gasteiger partial charge is 0.400 e. The monoisotopic (exact) mass is 282 g/mol. The lowest BCUT2D eigenvalue weighted by Gasteiger charge is -2.26. The average Bonchev–Trinajstić information content (AvgIpc) is 2.94. The molecule has 20 heavy (non-hydrogen) atoms. The second-order valence-corrected chi connectivity index (χ2v) is 6.37. The first-order chi connectivity index (χ1) is 9.47. The summed E-state index contributed by atoms with van der Waals surface area (Å²) < 4.78 is 2.20. The molecule has 1 N–H and O–H groups in total. The van der Waals surface area contributed by atoms with Gasteiger partial charge in [0, 0.05) is 13.3 Å². The van der Waals surface area contributed by atoms with E-state index in [-0.39, 0.29) is 5.41 Å². The van der Waals surface area contributed by atoms with E-state index < -0.39 is 0 Å². The van der Waals surface area contributed by atoms with Crippen LogP contribution in [0.1, 0.15) is 78.8 Å². The molecule has 0 saturated heterocycles. The maximum Gasteiger partial charge on any atom is 0.0527 e. The van der Waals surface area contributed by atoms with Crippen molar-refractivity contribution in [2.75, 3.05) is 7.11 Å². The number of hydrogen-bond acceptors (Lipinski definition) is 2. The Bertz CT molecular complexity index is 344. The van der Waals surface area contributed by atoms with Crippen molar-refractivity contribution in [2.45, 2.75) is 78.7 Å². The Morgan fingerprint density at radius 1 is 1.10 bits per heavy atom. The lowest BCUT2D eigenvalue weighted by molar-refractivity contribution is 0.273. The molecular weight excluding hydrogens is 248 g/mol. The van der Waals surface area contributed by atoms with Gasteiger partial charge >= 0.3 is 0 Å². The van der Waals surface area contributed by atoms with Gasteiger partial charge in [0.15, 0.2) is 0 Å². The fourth-order valence-corrected chi connectivity index (χ4v) is 2.43. The highest BCUT2D eigenvalue weighted by Gasteiger charge is 2.22. The second kappa shape index (κ2) is 9.17. The molecule has 1 saturated carbocycles. The van der Waals surface area contributed by atoms with E-state index >= 15 is 0 Å². The summed E-state index contributed by atoms with van der Waals surface area (Å²) in [6, 6.07) is 0.646. The van der Waals surface area contributed by atoms with Crippen LogP contribution in [0.2, 0.25) is 0 Å². The van der Waals surface area contributed by atoms with Crippen LogP contribution in [0.25, 0.3) is 0 Å². The molecule has 3 nitrogen and oxygen atoms in total. The van der Waals surface area contributed by atoms with Gasteiger partial charge < -0.3 is 5.11 Å². The smallest absolute Gasteiger partial charge is 0.0527 e. The molecule has 0 atom stereocenters. The molecule has 1 aliphatic carbocycles. The quantitative estimate of drug-likeness (QED) is 0.819. The molecule has 0 amide bonds. The van der Waals surface area contributed by atoms with Crippen molar-refractivity contribution in [3.63, 3.8) is 0 Å². The zero-order chi connectivity index (χ0) is 15.8. The van der Waals surface area contributed by atoms with E-state index in [1.54, 1.807) is 0 Å². The van der Waals surface area contributed by atoms with Gasteiger partial charge in [0.2, 0.25) is 0 Å². The van der Waals surface area contributed by atoms with Crippen LogP contribution in [0.3, 0.4) is 0 Å². The summed E-state index contributed by atoms with van der Waals surface area (Å²) in [6.45, 7) is 13.1. The van der Waals surface area contributed by atoms with Gasteiger partial charge in [-0.15, -0.1) is 0 Å². The fraction of sp³-hybridized carbons (Fsp3) is 0.824. The van der Waals surface area contributed by atoms with Gasteiger partial charge in [0.1, 0.15) is 0 Å². The van der Waals surface area contributed by atoms with E-state index in [0.29, 0.717) is 6.04 Å². The van der Waals surface area contributed by atoms with Gasteiger partial charge in [-0.2, -0.15) is 5.10 Å². The molecule has 1 heterocycles. The van der Waals surface area contributed by atoms with Crippen molar-refractivity contribution in [3.8, 4) is 0 Å². The normalized spacial score (nSPS) is 22.2. The topological polar surface area (TPSA) is 38.0 Å². The van der Waals surface area contributed by atoms with E-state index in [9.17, 15) is 0 Å². The molecule has 1 aromatic heterocycles. The summed E-state index contributed by atoms with van der Waals surface area (Å²) in [5.74, 6) is 0.911. The Balaban J connectivity index is 0.000000829. The van der Waals surface area contributed by atoms with Crippen LogP contribution in [0.5, 0.6) is 0 Å². The Hall–Kier alpha value is -0.830. The van der Waals surface area contributed by atoms with E-state index in [0.717, 1.165) is 13.0 Å². The first-order valence-corrected chi connectivity index (χ1v) is 7.96. The van der Waals surface area contributed by atoms with E-state index in [1.165, 1.54) is 31.2 Å². The van der Waals surface area contributed by atoms with Crippen LogP contribution < -0.4 is 0 Å². The summed E-state index contributed by atoms with van der Waals surface area (Å²) in [7, 11) is 1.00. The molecule has 0 radical (unpaired) electrons. The number of aliphatic hydroxyl groups is 1. The number of aromatic nitrogens is 2. The Labute approximate surface area is 125 Å². The molecule has 0 aromatic carbocycles. The Kier molecular flexibility index (Phi) is 8.79. The average molecular weight is 282 g/mol. The number of rotatable bonds is 1. The Morgan fingerprint density at radius 3 is 2.00 bits per heavy atom. The minimum atomic E-state index is 0.222. The lowest BCUT2D eigenvalue weighted by Crippen LogP contribution is -2.17. The molecule has 3 heteroatoms. The fourth-order valence-electron chi connectivity index (χ4n) is 2.43. The molecule has 2 rings (SSSR count). The molecule has 0 unspecified atom stereocenters. The van der Waals surface area contributed by atoms with Crippen molar-refractivity contribution in [2.24, 2.45) is 5.92 Å². The van der Waals surface area contributed by atoms with E-state index in [4.69, 9.17) is 5.11 Å². The van der Waals surface area contributed by atoms with Gasteiger partial charge in [-0.3, -0.25) is 4.68 Å². The second-order valence-electron chi connectivity index (χ2n) is 6.37. The van der Waals surface area contributed by atoms with Crippen molar-refractivity contribution in [3.05, 3.63) is 18.0 Å². The highest BCUT2D eigenvalue weighted by molar-refractivity contribution is 5.15. The first kappa shape index (κ1) is 19.2. The predicted octanol–water partition coefficient (Wildman–Crippen LogP) is 4.57. The van der Waals surface area contributed by atoms with Crippen LogP contribution in [0.4, 0.5) is 0 Å². The molecule has 0 spiro atoms. The summed E-state index contributed by atoms with van der Waals surface area (Å²) in [5.41, 5.74) is 1.58. The SMILES string of the molecule is CC.CC1CCC(n2cc(C(C)(C)C)cn2)CC1.CO. The lowest BCUT2D eigenvalue weighted by atomic mass is 9.87. The van der Waals surface area contributed by atoms with E-state index in [1.807, 2.05) is 20.0 Å². The number of nitrogens with zero attached hydrogens (tertiary/aromatic N) is 2. The van der Waals surface area contributed by atoms with Crippen LogP contribution in [0, 0.1) is 5.92 Å². The number of aliphatic hydroxyl groups excluding tert-OH is 1. The highest BCUT2D eigenvalue weighted by Crippen LogP contribution is 2.32. The van der Waals surface area contributed by atoms with Crippen LogP contribution >= 0.6 is 0 Å². The van der Waals surface area contributed by atoms with Crippen molar-refractivity contribution in [1.82, 2.24) is 9.78 Å². The summed E-state index contributed by atoms with van der Waals surface area (Å²) in [6.07, 6.45) is 9.60. The molecule has 118 valence electrons. The first-order valence-electron chi connectivity index (χ1n) is 7.96. The molecule has 0 aliphatic heterocycles. The molecular formula is C17H34N2O. The highest BCUT2D eigenvalue weighted by atomic mass is 16.2. The maximum atomic E-state index is 7.00. The van der Waals surface area contributed by atoms with Gasteiger partial charge in [0.05, 0.1) is 12.2 Å². The van der Waals surface area contributed by atoms with Crippen molar-refractivity contribution in [1.29, 1.82) is 0 Å². The third-order valence-corrected chi connectivity index (χ3v) is 3.83. The van der Waals surface area contributed by atoms with Crippen LogP contribution in [-0.2, 0) is 5.41 Å². The van der Waals surface area contributed by atoms with Crippen molar-refractivity contribution >= 4 is 0 Å². The van der Waals surface area contributed by atoms with E-state index in [2.05, 4.69) is 43.7 Å². The van der Waals surface area contributed by atoms with Gasteiger partial charge in [-0.1, -0.05) is 41.5 Å². The summed E-state index contributed by atoms with van der Waals surface area (Å²) in [5, 5.41) is 11.5. The van der Waals surface area contributed by atoms with Gasteiger partial charge in [0.25, 0.3) is 0 Å². The summed E-state index contributed by atoms with van der Waals surface area (Å²) in [4.78, 5) is 0. The third kappa shape index (κ3) is 5.66. The molecule has 1 aromatic rings. The maximum absolute atomic E-state index is 7.00. The molecule has 1 fully saturated rings. The third-order valence-electron chi connectivity index (χ3n) is 3.83.